The summed E-state index contributed by atoms with van der Waals surface area (Å²) in [4.78, 5) is 11.1. The number of β-amino-alcohol motifs (C(OH)–C–C–N with tert-alkyl or cyclic N) is 1. The van der Waals surface area contributed by atoms with Crippen LogP contribution in [-0.2, 0) is 0 Å². The summed E-state index contributed by atoms with van der Waals surface area (Å²) in [6.07, 6.45) is 6.11. The molecule has 0 unspecified atom stereocenters. The summed E-state index contributed by atoms with van der Waals surface area (Å²) >= 11 is 5.93. The number of rotatable bonds is 6. The molecule has 2 N–H and O–H groups in total. The normalized spacial score (nSPS) is 23.2. The third-order valence-electron chi connectivity index (χ3n) is 6.77. The van der Waals surface area contributed by atoms with E-state index in [1.54, 1.807) is 19.2 Å². The Labute approximate surface area is 202 Å². The van der Waals surface area contributed by atoms with E-state index in [-0.39, 0.29) is 22.9 Å². The van der Waals surface area contributed by atoms with Crippen molar-refractivity contribution < 1.29 is 19.0 Å². The van der Waals surface area contributed by atoms with Gasteiger partial charge in [0.25, 0.3) is 0 Å². The second-order valence-electron chi connectivity index (χ2n) is 8.95. The average Bonchev–Trinajstić information content (AvgIpc) is 3.28. The van der Waals surface area contributed by atoms with E-state index < -0.39 is 5.82 Å². The van der Waals surface area contributed by atoms with Crippen LogP contribution in [0.1, 0.15) is 32.1 Å². The smallest absolute Gasteiger partial charge is 0.165 e. The molecular weight excluding hydrogens is 459 g/mol. The van der Waals surface area contributed by atoms with Crippen molar-refractivity contribution in [1.82, 2.24) is 14.9 Å². The van der Waals surface area contributed by atoms with E-state index in [0.29, 0.717) is 34.3 Å². The van der Waals surface area contributed by atoms with Crippen LogP contribution in [-0.4, -0.2) is 58.4 Å². The molecule has 34 heavy (non-hydrogen) atoms. The minimum Gasteiger partial charge on any atom is -0.493 e. The molecule has 1 aliphatic heterocycles. The lowest BCUT2D eigenvalue weighted by Crippen LogP contribution is -2.39. The molecule has 1 aliphatic carbocycles. The maximum atomic E-state index is 14.5. The van der Waals surface area contributed by atoms with Gasteiger partial charge in [-0.15, -0.1) is 0 Å². The van der Waals surface area contributed by atoms with Crippen LogP contribution in [0.25, 0.3) is 10.9 Å². The highest BCUT2D eigenvalue weighted by atomic mass is 35.5. The molecule has 0 radical (unpaired) electrons. The number of hydrogen-bond acceptors (Lipinski definition) is 7. The number of nitrogens with one attached hydrogen (secondary N) is 1. The van der Waals surface area contributed by atoms with Crippen LogP contribution in [0.3, 0.4) is 0 Å². The first-order valence-corrected chi connectivity index (χ1v) is 12.0. The van der Waals surface area contributed by atoms with Gasteiger partial charge in [0.2, 0.25) is 0 Å². The Morgan fingerprint density at radius 2 is 1.94 bits per heavy atom. The standard InChI is InChI=1S/C25H28ClFN4O3/c1-33-22-12-21-18(25(29-14-28-21)30-20-4-2-3-19(26)24(20)27)11-23(22)34-17-7-5-15(6-8-17)31-10-9-16(32)13-31/h2-4,11-12,14-17,32H,5-10,13H2,1H3,(H,28,29,30)/t15-,16-,17+/m0/s1. The molecule has 0 spiro atoms. The second kappa shape index (κ2) is 9.90. The molecule has 180 valence electrons. The fraction of sp³-hybridized carbons (Fsp3) is 0.440. The minimum atomic E-state index is -0.539. The van der Waals surface area contributed by atoms with Gasteiger partial charge in [-0.05, 0) is 50.3 Å². The molecular formula is C25H28ClFN4O3. The van der Waals surface area contributed by atoms with Gasteiger partial charge in [0, 0.05) is 30.6 Å². The van der Waals surface area contributed by atoms with Crippen LogP contribution in [0.2, 0.25) is 5.02 Å². The number of halogens is 2. The number of benzene rings is 2. The van der Waals surface area contributed by atoms with Crippen LogP contribution < -0.4 is 14.8 Å². The number of hydrogen-bond donors (Lipinski definition) is 2. The predicted octanol–water partition coefficient (Wildman–Crippen LogP) is 4.93. The molecule has 7 nitrogen and oxygen atoms in total. The average molecular weight is 487 g/mol. The SMILES string of the molecule is COc1cc2ncnc(Nc3cccc(Cl)c3F)c2cc1O[C@H]1CC[C@@H](N2CC[C@H](O)C2)CC1. The number of anilines is 2. The number of aliphatic hydroxyl groups is 1. The van der Waals surface area contributed by atoms with Crippen molar-refractivity contribution in [3.8, 4) is 11.5 Å². The number of aromatic nitrogens is 2. The van der Waals surface area contributed by atoms with Crippen LogP contribution >= 0.6 is 11.6 Å². The number of fused-ring (bicyclic) bond motifs is 1. The van der Waals surface area contributed by atoms with E-state index in [1.165, 1.54) is 12.4 Å². The molecule has 2 heterocycles. The Balaban J connectivity index is 1.36. The van der Waals surface area contributed by atoms with Crippen molar-refractivity contribution in [3.05, 3.63) is 47.5 Å². The largest absolute Gasteiger partial charge is 0.493 e. The van der Waals surface area contributed by atoms with E-state index in [0.717, 1.165) is 45.2 Å². The minimum absolute atomic E-state index is 0.0353. The quantitative estimate of drug-likeness (QED) is 0.511. The lowest BCUT2D eigenvalue weighted by Gasteiger charge is -2.34. The van der Waals surface area contributed by atoms with Gasteiger partial charge < -0.3 is 19.9 Å². The van der Waals surface area contributed by atoms with Gasteiger partial charge in [0.1, 0.15) is 12.1 Å². The lowest BCUT2D eigenvalue weighted by molar-refractivity contribution is 0.0887. The van der Waals surface area contributed by atoms with Gasteiger partial charge in [0.05, 0.1) is 35.5 Å². The Hall–Kier alpha value is -2.68. The summed E-state index contributed by atoms with van der Waals surface area (Å²) < 4.78 is 26.4. The molecule has 3 aromatic rings. The number of likely N-dealkylation sites (tertiary alicyclic amines) is 1. The Kier molecular flexibility index (Phi) is 6.72. The van der Waals surface area contributed by atoms with Gasteiger partial charge in [-0.1, -0.05) is 17.7 Å². The van der Waals surface area contributed by atoms with Gasteiger partial charge in [-0.2, -0.15) is 0 Å². The first-order chi connectivity index (χ1) is 16.5. The van der Waals surface area contributed by atoms with Crippen molar-refractivity contribution in [2.45, 2.75) is 50.4 Å². The summed E-state index contributed by atoms with van der Waals surface area (Å²) in [5, 5.41) is 13.6. The third-order valence-corrected chi connectivity index (χ3v) is 7.07. The number of aliphatic hydroxyl groups excluding tert-OH is 1. The summed E-state index contributed by atoms with van der Waals surface area (Å²) in [5.74, 6) is 1.12. The van der Waals surface area contributed by atoms with Crippen LogP contribution in [0.5, 0.6) is 11.5 Å². The van der Waals surface area contributed by atoms with Gasteiger partial charge in [0.15, 0.2) is 17.3 Å². The van der Waals surface area contributed by atoms with E-state index in [1.807, 2.05) is 12.1 Å². The van der Waals surface area contributed by atoms with E-state index in [4.69, 9.17) is 21.1 Å². The molecule has 5 rings (SSSR count). The molecule has 1 saturated heterocycles. The molecule has 2 aliphatic rings. The molecule has 2 fully saturated rings. The molecule has 9 heteroatoms. The molecule has 2 aromatic carbocycles. The van der Waals surface area contributed by atoms with Gasteiger partial charge in [-0.25, -0.2) is 14.4 Å². The van der Waals surface area contributed by atoms with Crippen LogP contribution in [0.15, 0.2) is 36.7 Å². The molecule has 0 amide bonds. The van der Waals surface area contributed by atoms with Gasteiger partial charge >= 0.3 is 0 Å². The zero-order valence-corrected chi connectivity index (χ0v) is 19.8. The molecule has 1 saturated carbocycles. The van der Waals surface area contributed by atoms with Crippen molar-refractivity contribution in [2.75, 3.05) is 25.5 Å². The fourth-order valence-electron chi connectivity index (χ4n) is 4.95. The maximum absolute atomic E-state index is 14.5. The second-order valence-corrected chi connectivity index (χ2v) is 9.36. The highest BCUT2D eigenvalue weighted by molar-refractivity contribution is 6.31. The summed E-state index contributed by atoms with van der Waals surface area (Å²) in [6, 6.07) is 8.94. The topological polar surface area (TPSA) is 79.7 Å². The predicted molar refractivity (Wildman–Crippen MR) is 130 cm³/mol. The van der Waals surface area contributed by atoms with Crippen LogP contribution in [0, 0.1) is 5.82 Å². The molecule has 0 bridgehead atoms. The Bertz CT molecular complexity index is 1170. The summed E-state index contributed by atoms with van der Waals surface area (Å²) in [6.45, 7) is 1.75. The zero-order chi connectivity index (χ0) is 23.7. The number of ether oxygens (including phenoxy) is 2. The highest BCUT2D eigenvalue weighted by Crippen LogP contribution is 2.38. The molecule has 1 aromatic heterocycles. The van der Waals surface area contributed by atoms with E-state index >= 15 is 0 Å². The summed E-state index contributed by atoms with van der Waals surface area (Å²) in [5.41, 5.74) is 0.886. The number of methoxy groups -OCH3 is 1. The number of nitrogens with zero attached hydrogens (tertiary/aromatic N) is 3. The molecule has 1 atom stereocenters. The monoisotopic (exact) mass is 486 g/mol. The van der Waals surface area contributed by atoms with Crippen molar-refractivity contribution in [2.24, 2.45) is 0 Å². The van der Waals surface area contributed by atoms with Crippen molar-refractivity contribution in [3.63, 3.8) is 0 Å². The first-order valence-electron chi connectivity index (χ1n) is 11.6. The van der Waals surface area contributed by atoms with E-state index in [2.05, 4.69) is 20.2 Å². The first kappa shape index (κ1) is 23.1. The Morgan fingerprint density at radius 3 is 2.68 bits per heavy atom. The maximum Gasteiger partial charge on any atom is 0.165 e. The van der Waals surface area contributed by atoms with Crippen molar-refractivity contribution >= 4 is 34.0 Å². The van der Waals surface area contributed by atoms with Crippen molar-refractivity contribution in [1.29, 1.82) is 0 Å². The third kappa shape index (κ3) is 4.76. The van der Waals surface area contributed by atoms with Crippen LogP contribution in [0.4, 0.5) is 15.9 Å². The zero-order valence-electron chi connectivity index (χ0n) is 19.0. The highest BCUT2D eigenvalue weighted by Gasteiger charge is 2.31. The summed E-state index contributed by atoms with van der Waals surface area (Å²) in [7, 11) is 1.60. The van der Waals surface area contributed by atoms with Gasteiger partial charge in [-0.3, -0.25) is 4.90 Å². The van der Waals surface area contributed by atoms with E-state index in [9.17, 15) is 9.50 Å². The Morgan fingerprint density at radius 1 is 1.12 bits per heavy atom. The lowest BCUT2D eigenvalue weighted by atomic mass is 9.92. The fourth-order valence-corrected chi connectivity index (χ4v) is 5.13.